The third-order valence-corrected chi connectivity index (χ3v) is 6.00. The highest BCUT2D eigenvalue weighted by Crippen LogP contribution is 2.33. The number of piperidine rings is 1. The fourth-order valence-corrected chi connectivity index (χ4v) is 4.31. The van der Waals surface area contributed by atoms with E-state index in [1.165, 1.54) is 0 Å². The lowest BCUT2D eigenvalue weighted by Gasteiger charge is -2.31. The lowest BCUT2D eigenvalue weighted by molar-refractivity contribution is 0.192. The summed E-state index contributed by atoms with van der Waals surface area (Å²) in [5.41, 5.74) is 1.84. The van der Waals surface area contributed by atoms with Gasteiger partial charge in [-0.05, 0) is 49.2 Å². The highest BCUT2D eigenvalue weighted by molar-refractivity contribution is 7.14. The number of nitrogens with one attached hydrogen (secondary N) is 1. The molecule has 28 heavy (non-hydrogen) atoms. The van der Waals surface area contributed by atoms with Gasteiger partial charge in [0.1, 0.15) is 15.8 Å². The van der Waals surface area contributed by atoms with Gasteiger partial charge in [-0.15, -0.1) is 10.2 Å². The largest absolute Gasteiger partial charge is 0.497 e. The van der Waals surface area contributed by atoms with Crippen LogP contribution in [0.3, 0.4) is 0 Å². The van der Waals surface area contributed by atoms with Crippen molar-refractivity contribution in [3.8, 4) is 16.3 Å². The second-order valence-electron chi connectivity index (χ2n) is 6.76. The Hall–Kier alpha value is -2.93. The van der Waals surface area contributed by atoms with Crippen molar-refractivity contribution in [3.05, 3.63) is 59.6 Å². The monoisotopic (exact) mass is 394 g/mol. The minimum atomic E-state index is -0.0595. The Morgan fingerprint density at radius 3 is 2.68 bits per heavy atom. The lowest BCUT2D eigenvalue weighted by Crippen LogP contribution is -2.41. The summed E-state index contributed by atoms with van der Waals surface area (Å²) in [5, 5.41) is 13.6. The number of likely N-dealkylation sites (tertiary alicyclic amines) is 1. The van der Waals surface area contributed by atoms with Crippen molar-refractivity contribution in [3.63, 3.8) is 0 Å². The van der Waals surface area contributed by atoms with Crippen LogP contribution >= 0.6 is 11.3 Å². The molecule has 0 saturated carbocycles. The number of rotatable bonds is 4. The van der Waals surface area contributed by atoms with Crippen LogP contribution in [0.25, 0.3) is 10.6 Å². The SMILES string of the molecule is COc1ccc(-c2nnc(C3CCCN(C(=O)Nc4ccccc4)C3)s2)cc1. The zero-order valence-electron chi connectivity index (χ0n) is 15.7. The van der Waals surface area contributed by atoms with Crippen molar-refractivity contribution >= 4 is 23.1 Å². The quantitative estimate of drug-likeness (QED) is 0.701. The van der Waals surface area contributed by atoms with Crippen LogP contribution in [0.1, 0.15) is 23.8 Å². The maximum absolute atomic E-state index is 12.6. The standard InChI is InChI=1S/C21H22N4O2S/c1-27-18-11-9-15(10-12-18)19-23-24-20(28-19)16-6-5-13-25(14-16)21(26)22-17-7-3-2-4-8-17/h2-4,7-12,16H,5-6,13-14H2,1H3,(H,22,26). The first-order valence-electron chi connectivity index (χ1n) is 9.32. The Balaban J connectivity index is 1.43. The first-order valence-corrected chi connectivity index (χ1v) is 10.1. The minimum absolute atomic E-state index is 0.0595. The van der Waals surface area contributed by atoms with Gasteiger partial charge in [0, 0.05) is 30.3 Å². The fraction of sp³-hybridized carbons (Fsp3) is 0.286. The molecule has 4 rings (SSSR count). The number of carbonyl (C=O) groups is 1. The molecule has 1 atom stereocenters. The molecule has 2 heterocycles. The molecule has 2 aromatic carbocycles. The van der Waals surface area contributed by atoms with E-state index in [0.29, 0.717) is 6.54 Å². The van der Waals surface area contributed by atoms with E-state index in [1.54, 1.807) is 18.4 Å². The summed E-state index contributed by atoms with van der Waals surface area (Å²) >= 11 is 1.60. The van der Waals surface area contributed by atoms with Gasteiger partial charge >= 0.3 is 6.03 Å². The number of amides is 2. The molecule has 1 aromatic heterocycles. The predicted octanol–water partition coefficient (Wildman–Crippen LogP) is 4.63. The average Bonchev–Trinajstić information content (AvgIpc) is 3.25. The summed E-state index contributed by atoms with van der Waals surface area (Å²) in [6.07, 6.45) is 1.98. The second-order valence-corrected chi connectivity index (χ2v) is 7.76. The topological polar surface area (TPSA) is 67.4 Å². The number of anilines is 1. The first kappa shape index (κ1) is 18.4. The van der Waals surface area contributed by atoms with Gasteiger partial charge in [0.05, 0.1) is 7.11 Å². The summed E-state index contributed by atoms with van der Waals surface area (Å²) in [6, 6.07) is 17.3. The number of hydrogen-bond acceptors (Lipinski definition) is 5. The molecule has 7 heteroatoms. The van der Waals surface area contributed by atoms with E-state index < -0.39 is 0 Å². The number of ether oxygens (including phenoxy) is 1. The molecular formula is C21H22N4O2S. The van der Waals surface area contributed by atoms with E-state index in [9.17, 15) is 4.79 Å². The van der Waals surface area contributed by atoms with E-state index in [1.807, 2.05) is 59.5 Å². The van der Waals surface area contributed by atoms with Gasteiger partial charge in [0.15, 0.2) is 0 Å². The smallest absolute Gasteiger partial charge is 0.321 e. The van der Waals surface area contributed by atoms with Crippen molar-refractivity contribution in [1.82, 2.24) is 15.1 Å². The van der Waals surface area contributed by atoms with E-state index in [4.69, 9.17) is 4.74 Å². The summed E-state index contributed by atoms with van der Waals surface area (Å²) in [5.74, 6) is 1.04. The normalized spacial score (nSPS) is 16.6. The third kappa shape index (κ3) is 4.14. The number of benzene rings is 2. The number of methoxy groups -OCH3 is 1. The maximum Gasteiger partial charge on any atom is 0.321 e. The van der Waals surface area contributed by atoms with Crippen molar-refractivity contribution in [2.24, 2.45) is 0 Å². The molecule has 1 saturated heterocycles. The Kier molecular flexibility index (Phi) is 5.53. The fourth-order valence-electron chi connectivity index (χ4n) is 3.34. The Bertz CT molecular complexity index is 927. The minimum Gasteiger partial charge on any atom is -0.497 e. The van der Waals surface area contributed by atoms with Crippen LogP contribution in [-0.2, 0) is 0 Å². The van der Waals surface area contributed by atoms with Crippen LogP contribution in [0.5, 0.6) is 5.75 Å². The van der Waals surface area contributed by atoms with E-state index in [0.717, 1.165) is 46.4 Å². The molecule has 144 valence electrons. The van der Waals surface area contributed by atoms with Gasteiger partial charge in [0.25, 0.3) is 0 Å². The Labute approximate surface area is 168 Å². The van der Waals surface area contributed by atoms with E-state index in [-0.39, 0.29) is 11.9 Å². The number of aromatic nitrogens is 2. The van der Waals surface area contributed by atoms with Crippen molar-refractivity contribution in [2.75, 3.05) is 25.5 Å². The van der Waals surface area contributed by atoms with Crippen LogP contribution in [0.15, 0.2) is 54.6 Å². The highest BCUT2D eigenvalue weighted by Gasteiger charge is 2.27. The Morgan fingerprint density at radius 1 is 1.14 bits per heavy atom. The van der Waals surface area contributed by atoms with Gasteiger partial charge in [-0.25, -0.2) is 4.79 Å². The molecule has 2 amide bonds. The molecule has 1 aliphatic rings. The Morgan fingerprint density at radius 2 is 1.93 bits per heavy atom. The summed E-state index contributed by atoms with van der Waals surface area (Å²) in [6.45, 7) is 1.43. The number of para-hydroxylation sites is 1. The van der Waals surface area contributed by atoms with Crippen LogP contribution in [0.4, 0.5) is 10.5 Å². The van der Waals surface area contributed by atoms with E-state index in [2.05, 4.69) is 15.5 Å². The molecule has 0 aliphatic carbocycles. The van der Waals surface area contributed by atoms with Gasteiger partial charge in [-0.2, -0.15) is 0 Å². The molecule has 6 nitrogen and oxygen atoms in total. The highest BCUT2D eigenvalue weighted by atomic mass is 32.1. The molecule has 0 radical (unpaired) electrons. The molecule has 0 bridgehead atoms. The maximum atomic E-state index is 12.6. The van der Waals surface area contributed by atoms with Gasteiger partial charge in [-0.1, -0.05) is 29.5 Å². The molecule has 1 unspecified atom stereocenters. The van der Waals surface area contributed by atoms with Gasteiger partial charge < -0.3 is 15.0 Å². The van der Waals surface area contributed by atoms with Crippen molar-refractivity contribution < 1.29 is 9.53 Å². The van der Waals surface area contributed by atoms with Gasteiger partial charge in [-0.3, -0.25) is 0 Å². The van der Waals surface area contributed by atoms with Crippen LogP contribution < -0.4 is 10.1 Å². The van der Waals surface area contributed by atoms with Gasteiger partial charge in [0.2, 0.25) is 0 Å². The van der Waals surface area contributed by atoms with Crippen molar-refractivity contribution in [2.45, 2.75) is 18.8 Å². The summed E-state index contributed by atoms with van der Waals surface area (Å²) in [4.78, 5) is 14.5. The number of carbonyl (C=O) groups excluding carboxylic acids is 1. The second kappa shape index (κ2) is 8.39. The molecule has 1 N–H and O–H groups in total. The third-order valence-electron chi connectivity index (χ3n) is 4.86. The number of hydrogen-bond donors (Lipinski definition) is 1. The zero-order chi connectivity index (χ0) is 19.3. The zero-order valence-corrected chi connectivity index (χ0v) is 16.5. The lowest BCUT2D eigenvalue weighted by atomic mass is 9.99. The summed E-state index contributed by atoms with van der Waals surface area (Å²) in [7, 11) is 1.65. The molecular weight excluding hydrogens is 372 g/mol. The summed E-state index contributed by atoms with van der Waals surface area (Å²) < 4.78 is 5.21. The first-order chi connectivity index (χ1) is 13.7. The molecule has 3 aromatic rings. The van der Waals surface area contributed by atoms with Crippen molar-refractivity contribution in [1.29, 1.82) is 0 Å². The van der Waals surface area contributed by atoms with Crippen LogP contribution in [0.2, 0.25) is 0 Å². The number of urea groups is 1. The molecule has 1 aliphatic heterocycles. The predicted molar refractivity (Wildman–Crippen MR) is 111 cm³/mol. The van der Waals surface area contributed by atoms with Crippen LogP contribution in [-0.4, -0.2) is 41.3 Å². The van der Waals surface area contributed by atoms with Crippen LogP contribution in [0, 0.1) is 0 Å². The van der Waals surface area contributed by atoms with E-state index >= 15 is 0 Å². The molecule has 0 spiro atoms. The number of nitrogens with zero attached hydrogens (tertiary/aromatic N) is 3. The average molecular weight is 395 g/mol. The molecule has 1 fully saturated rings.